The molecule has 0 fully saturated rings. The third-order valence-electron chi connectivity index (χ3n) is 5.95. The molecule has 0 radical (unpaired) electrons. The van der Waals surface area contributed by atoms with E-state index in [1.54, 1.807) is 37.3 Å². The lowest BCUT2D eigenvalue weighted by molar-refractivity contribution is -0.117. The van der Waals surface area contributed by atoms with E-state index in [0.29, 0.717) is 22.8 Å². The second-order valence-electron chi connectivity index (χ2n) is 8.18. The van der Waals surface area contributed by atoms with Crippen molar-refractivity contribution in [1.29, 1.82) is 0 Å². The summed E-state index contributed by atoms with van der Waals surface area (Å²) in [5.74, 6) is -0.806. The van der Waals surface area contributed by atoms with Crippen molar-refractivity contribution in [2.75, 3.05) is 4.90 Å². The zero-order valence-corrected chi connectivity index (χ0v) is 19.8. The summed E-state index contributed by atoms with van der Waals surface area (Å²) in [6.07, 6.45) is 0. The number of amides is 1. The van der Waals surface area contributed by atoms with Crippen LogP contribution < -0.4 is 4.90 Å². The van der Waals surface area contributed by atoms with Gasteiger partial charge in [-0.15, -0.1) is 0 Å². The summed E-state index contributed by atoms with van der Waals surface area (Å²) < 4.78 is 12.4. The highest BCUT2D eigenvalue weighted by Gasteiger charge is 2.47. The number of carbonyl (C=O) groups excluding carboxylic acids is 2. The number of nitrogens with zero attached hydrogens (tertiary/aromatic N) is 1. The molecule has 166 valence electrons. The van der Waals surface area contributed by atoms with Gasteiger partial charge in [0.1, 0.15) is 23.1 Å². The van der Waals surface area contributed by atoms with Crippen molar-refractivity contribution in [2.45, 2.75) is 26.8 Å². The van der Waals surface area contributed by atoms with E-state index in [2.05, 4.69) is 15.9 Å². The third-order valence-corrected chi connectivity index (χ3v) is 6.45. The van der Waals surface area contributed by atoms with Crippen LogP contribution in [0.2, 0.25) is 0 Å². The molecule has 2 aromatic heterocycles. The van der Waals surface area contributed by atoms with Gasteiger partial charge in [-0.2, -0.15) is 0 Å². The van der Waals surface area contributed by atoms with Crippen LogP contribution in [0.15, 0.2) is 79.2 Å². The van der Waals surface area contributed by atoms with Crippen LogP contribution in [0.3, 0.4) is 0 Å². The van der Waals surface area contributed by atoms with E-state index >= 15 is 0 Å². The number of Topliss-reactive ketones (excluding diaryl/α,β-unsaturated/α-hetero) is 1. The molecule has 3 heterocycles. The van der Waals surface area contributed by atoms with Crippen molar-refractivity contribution >= 4 is 44.3 Å². The van der Waals surface area contributed by atoms with Gasteiger partial charge in [0, 0.05) is 15.5 Å². The Labute approximate surface area is 198 Å². The van der Waals surface area contributed by atoms with Crippen LogP contribution in [0.1, 0.15) is 39.2 Å². The lowest BCUT2D eigenvalue weighted by Gasteiger charge is -2.25. The van der Waals surface area contributed by atoms with E-state index in [1.165, 1.54) is 4.90 Å². The molecule has 6 nitrogen and oxygen atoms in total. The van der Waals surface area contributed by atoms with E-state index in [0.717, 1.165) is 21.0 Å². The summed E-state index contributed by atoms with van der Waals surface area (Å²) in [5, 5.41) is 11.6. The topological polar surface area (TPSA) is 83.9 Å². The van der Waals surface area contributed by atoms with Crippen LogP contribution in [0.25, 0.3) is 11.0 Å². The normalized spacial score (nSPS) is 16.3. The second-order valence-corrected chi connectivity index (χ2v) is 9.09. The van der Waals surface area contributed by atoms with Gasteiger partial charge in [-0.1, -0.05) is 22.0 Å². The zero-order valence-electron chi connectivity index (χ0n) is 18.2. The standard InChI is InChI=1S/C26H20BrNO5/c1-13-4-7-18(10-14(13)2)28-23(20-8-5-15(3)32-20)22(25(30)26(28)31)24(29)21-12-16-11-17(27)6-9-19(16)33-21/h4-12,23,30H,1-3H3. The average Bonchev–Trinajstić information content (AvgIpc) is 3.46. The molecule has 33 heavy (non-hydrogen) atoms. The van der Waals surface area contributed by atoms with Crippen molar-refractivity contribution in [2.24, 2.45) is 0 Å². The number of aliphatic hydroxyl groups is 1. The predicted molar refractivity (Wildman–Crippen MR) is 127 cm³/mol. The second kappa shape index (κ2) is 7.78. The first-order valence-corrected chi connectivity index (χ1v) is 11.2. The fourth-order valence-corrected chi connectivity index (χ4v) is 4.49. The summed E-state index contributed by atoms with van der Waals surface area (Å²) in [7, 11) is 0. The molecule has 7 heteroatoms. The first-order chi connectivity index (χ1) is 15.7. The van der Waals surface area contributed by atoms with Crippen molar-refractivity contribution in [3.8, 4) is 0 Å². The van der Waals surface area contributed by atoms with Crippen LogP contribution in [0.5, 0.6) is 0 Å². The van der Waals surface area contributed by atoms with Gasteiger partial charge in [-0.25, -0.2) is 0 Å². The maximum atomic E-state index is 13.6. The summed E-state index contributed by atoms with van der Waals surface area (Å²) in [5.41, 5.74) is 3.06. The molecule has 5 rings (SSSR count). The van der Waals surface area contributed by atoms with Gasteiger partial charge in [0.15, 0.2) is 11.5 Å². The first-order valence-electron chi connectivity index (χ1n) is 10.4. The molecule has 1 atom stereocenters. The molecule has 1 unspecified atom stereocenters. The van der Waals surface area contributed by atoms with Crippen molar-refractivity contribution in [3.05, 3.63) is 98.8 Å². The Morgan fingerprint density at radius 3 is 2.45 bits per heavy atom. The van der Waals surface area contributed by atoms with Crippen molar-refractivity contribution in [1.82, 2.24) is 0 Å². The number of carbonyl (C=O) groups is 2. The third kappa shape index (κ3) is 3.49. The summed E-state index contributed by atoms with van der Waals surface area (Å²) >= 11 is 3.41. The molecule has 1 amide bonds. The number of anilines is 1. The number of hydrogen-bond acceptors (Lipinski definition) is 5. The molecule has 4 aromatic rings. The van der Waals surface area contributed by atoms with Crippen LogP contribution >= 0.6 is 15.9 Å². The minimum absolute atomic E-state index is 0.0349. The van der Waals surface area contributed by atoms with E-state index in [-0.39, 0.29) is 11.3 Å². The number of aryl methyl sites for hydroxylation is 3. The van der Waals surface area contributed by atoms with E-state index < -0.39 is 23.5 Å². The van der Waals surface area contributed by atoms with E-state index in [9.17, 15) is 14.7 Å². The maximum absolute atomic E-state index is 13.6. The van der Waals surface area contributed by atoms with Gasteiger partial charge < -0.3 is 13.9 Å². The Kier molecular flexibility index (Phi) is 5.01. The highest BCUT2D eigenvalue weighted by atomic mass is 79.9. The van der Waals surface area contributed by atoms with E-state index in [1.807, 2.05) is 38.1 Å². The largest absolute Gasteiger partial charge is 0.503 e. The molecule has 1 aliphatic rings. The Hall–Kier alpha value is -3.58. The molecular formula is C26H20BrNO5. The summed E-state index contributed by atoms with van der Waals surface area (Å²) in [4.78, 5) is 28.2. The molecular weight excluding hydrogens is 486 g/mol. The molecule has 0 bridgehead atoms. The number of furan rings is 2. The predicted octanol–water partition coefficient (Wildman–Crippen LogP) is 6.50. The number of benzene rings is 2. The Morgan fingerprint density at radius 2 is 1.76 bits per heavy atom. The van der Waals surface area contributed by atoms with Crippen molar-refractivity contribution < 1.29 is 23.5 Å². The SMILES string of the molecule is Cc1ccc(C2C(C(=O)c3cc4cc(Br)ccc4o3)=C(O)C(=O)N2c2ccc(C)c(C)c2)o1. The Balaban J connectivity index is 1.65. The minimum atomic E-state index is -0.930. The molecule has 0 aliphatic carbocycles. The lowest BCUT2D eigenvalue weighted by Crippen LogP contribution is -2.30. The average molecular weight is 506 g/mol. The smallest absolute Gasteiger partial charge is 0.294 e. The number of ketones is 1. The maximum Gasteiger partial charge on any atom is 0.294 e. The molecule has 0 spiro atoms. The van der Waals surface area contributed by atoms with Crippen molar-refractivity contribution in [3.63, 3.8) is 0 Å². The van der Waals surface area contributed by atoms with Crippen LogP contribution in [-0.2, 0) is 4.79 Å². The monoisotopic (exact) mass is 505 g/mol. The quantitative estimate of drug-likeness (QED) is 0.320. The van der Waals surface area contributed by atoms with Gasteiger partial charge in [0.2, 0.25) is 5.78 Å². The molecule has 0 saturated carbocycles. The Bertz CT molecular complexity index is 1480. The van der Waals surface area contributed by atoms with Gasteiger partial charge in [0.05, 0.1) is 5.57 Å². The summed E-state index contributed by atoms with van der Waals surface area (Å²) in [6, 6.07) is 15.1. The number of hydrogen-bond donors (Lipinski definition) is 1. The number of fused-ring (bicyclic) bond motifs is 1. The van der Waals surface area contributed by atoms with E-state index in [4.69, 9.17) is 8.83 Å². The highest BCUT2D eigenvalue weighted by Crippen LogP contribution is 2.43. The number of halogens is 1. The summed E-state index contributed by atoms with van der Waals surface area (Å²) in [6.45, 7) is 5.70. The lowest BCUT2D eigenvalue weighted by atomic mass is 9.99. The Morgan fingerprint density at radius 1 is 0.970 bits per heavy atom. The fraction of sp³-hybridized carbons (Fsp3) is 0.154. The van der Waals surface area contributed by atoms with Crippen LogP contribution in [0.4, 0.5) is 5.69 Å². The highest BCUT2D eigenvalue weighted by molar-refractivity contribution is 9.10. The van der Waals surface area contributed by atoms with Gasteiger partial charge in [-0.3, -0.25) is 14.5 Å². The van der Waals surface area contributed by atoms with Crippen LogP contribution in [0, 0.1) is 20.8 Å². The first kappa shape index (κ1) is 21.3. The van der Waals surface area contributed by atoms with Crippen LogP contribution in [-0.4, -0.2) is 16.8 Å². The van der Waals surface area contributed by atoms with Gasteiger partial charge in [-0.05, 0) is 80.4 Å². The number of aliphatic hydroxyl groups excluding tert-OH is 1. The number of rotatable bonds is 4. The fourth-order valence-electron chi connectivity index (χ4n) is 4.11. The molecule has 2 aromatic carbocycles. The van der Waals surface area contributed by atoms with Gasteiger partial charge >= 0.3 is 0 Å². The zero-order chi connectivity index (χ0) is 23.4. The minimum Gasteiger partial charge on any atom is -0.503 e. The molecule has 1 N–H and O–H groups in total. The molecule has 1 aliphatic heterocycles. The van der Waals surface area contributed by atoms with Gasteiger partial charge in [0.25, 0.3) is 5.91 Å². The molecule has 0 saturated heterocycles.